The van der Waals surface area contributed by atoms with Crippen molar-refractivity contribution >= 4 is 46.4 Å². The molecule has 0 aliphatic carbocycles. The van der Waals surface area contributed by atoms with Crippen LogP contribution < -0.4 is 15.0 Å². The number of methoxy groups -OCH3 is 1. The van der Waals surface area contributed by atoms with E-state index in [9.17, 15) is 4.39 Å². The number of hydrogen-bond acceptors (Lipinski definition) is 6. The molecule has 0 unspecified atom stereocenters. The summed E-state index contributed by atoms with van der Waals surface area (Å²) in [7, 11) is 5.47. The lowest BCUT2D eigenvalue weighted by atomic mass is 10.2. The number of hydrogen-bond donors (Lipinski definition) is 1. The average Bonchev–Trinajstić information content (AvgIpc) is 3.21. The third-order valence-electron chi connectivity index (χ3n) is 4.94. The summed E-state index contributed by atoms with van der Waals surface area (Å²) in [6, 6.07) is 5.18. The van der Waals surface area contributed by atoms with Crippen molar-refractivity contribution in [3.63, 3.8) is 0 Å². The molecule has 0 radical (unpaired) electrons. The number of aliphatic imine (C=N–C) groups is 1. The number of anilines is 1. The Morgan fingerprint density at radius 1 is 1.29 bits per heavy atom. The van der Waals surface area contributed by atoms with Gasteiger partial charge in [-0.25, -0.2) is 14.4 Å². The summed E-state index contributed by atoms with van der Waals surface area (Å²) in [4.78, 5) is 16.0. The molecule has 3 rings (SSSR count). The molecule has 0 atom stereocenters. The first-order chi connectivity index (χ1) is 14.5. The fourth-order valence-electron chi connectivity index (χ4n) is 3.34. The van der Waals surface area contributed by atoms with Crippen molar-refractivity contribution < 1.29 is 9.13 Å². The lowest BCUT2D eigenvalue weighted by Gasteiger charge is -2.36. The van der Waals surface area contributed by atoms with E-state index in [1.807, 2.05) is 25.1 Å². The summed E-state index contributed by atoms with van der Waals surface area (Å²) < 4.78 is 18.9. The maximum Gasteiger partial charge on any atom is 0.194 e. The summed E-state index contributed by atoms with van der Waals surface area (Å²) >= 11 is 1.63. The highest BCUT2D eigenvalue weighted by atomic mass is 127. The van der Waals surface area contributed by atoms with Crippen LogP contribution in [0, 0.1) is 5.82 Å². The monoisotopic (exact) mass is 562 g/mol. The van der Waals surface area contributed by atoms with Crippen LogP contribution in [-0.2, 0) is 13.1 Å². The van der Waals surface area contributed by atoms with Crippen LogP contribution in [0.3, 0.4) is 0 Å². The van der Waals surface area contributed by atoms with E-state index in [0.717, 1.165) is 61.6 Å². The van der Waals surface area contributed by atoms with Gasteiger partial charge in [-0.15, -0.1) is 35.3 Å². The SMILES string of the molecule is CCNC(=NCc1csc(N(C)C)n1)N1CCN(Cc2ccc(OC)c(F)c2)CC1.I. The topological polar surface area (TPSA) is 56.2 Å². The minimum absolute atomic E-state index is 0. The molecule has 1 N–H and O–H groups in total. The average molecular weight is 562 g/mol. The number of benzene rings is 1. The molecule has 1 aliphatic rings. The van der Waals surface area contributed by atoms with Gasteiger partial charge in [0.05, 0.1) is 19.3 Å². The Labute approximate surface area is 205 Å². The molecule has 0 spiro atoms. The van der Waals surface area contributed by atoms with Crippen molar-refractivity contribution in [1.29, 1.82) is 0 Å². The molecule has 31 heavy (non-hydrogen) atoms. The van der Waals surface area contributed by atoms with Gasteiger partial charge in [0.15, 0.2) is 22.7 Å². The number of halogens is 2. The summed E-state index contributed by atoms with van der Waals surface area (Å²) in [6.07, 6.45) is 0. The quantitative estimate of drug-likeness (QED) is 0.318. The lowest BCUT2D eigenvalue weighted by Crippen LogP contribution is -2.52. The minimum Gasteiger partial charge on any atom is -0.494 e. The largest absolute Gasteiger partial charge is 0.494 e. The van der Waals surface area contributed by atoms with E-state index in [-0.39, 0.29) is 35.5 Å². The van der Waals surface area contributed by atoms with E-state index in [1.165, 1.54) is 7.11 Å². The van der Waals surface area contributed by atoms with Gasteiger partial charge < -0.3 is 19.9 Å². The van der Waals surface area contributed by atoms with E-state index in [0.29, 0.717) is 6.54 Å². The second-order valence-corrected chi connectivity index (χ2v) is 8.25. The van der Waals surface area contributed by atoms with Crippen molar-refractivity contribution in [2.75, 3.05) is 58.8 Å². The fraction of sp³-hybridized carbons (Fsp3) is 0.524. The van der Waals surface area contributed by atoms with Crippen LogP contribution in [0.2, 0.25) is 0 Å². The highest BCUT2D eigenvalue weighted by Gasteiger charge is 2.20. The highest BCUT2D eigenvalue weighted by molar-refractivity contribution is 14.0. The standard InChI is InChI=1S/C21H31FN6OS.HI/c1-5-23-20(24-13-17-15-30-21(25-17)26(2)3)28-10-8-27(9-11-28)14-16-6-7-19(29-4)18(22)12-16;/h6-7,12,15H,5,8-11,13-14H2,1-4H3,(H,23,24);1H. The second kappa shape index (κ2) is 12.4. The molecular weight excluding hydrogens is 530 g/mol. The van der Waals surface area contributed by atoms with Crippen LogP contribution in [0.1, 0.15) is 18.2 Å². The second-order valence-electron chi connectivity index (χ2n) is 7.42. The summed E-state index contributed by atoms with van der Waals surface area (Å²) in [5, 5.41) is 6.45. The molecule has 10 heteroatoms. The van der Waals surface area contributed by atoms with Gasteiger partial charge in [-0.1, -0.05) is 6.07 Å². The summed E-state index contributed by atoms with van der Waals surface area (Å²) in [5.74, 6) is 0.898. The zero-order valence-corrected chi connectivity index (χ0v) is 21.7. The molecule has 0 saturated carbocycles. The van der Waals surface area contributed by atoms with Crippen LogP contribution in [-0.4, -0.2) is 74.7 Å². The predicted molar refractivity (Wildman–Crippen MR) is 136 cm³/mol. The number of piperazine rings is 1. The van der Waals surface area contributed by atoms with Crippen LogP contribution in [0.4, 0.5) is 9.52 Å². The molecule has 172 valence electrons. The van der Waals surface area contributed by atoms with Gasteiger partial charge >= 0.3 is 0 Å². The number of thiazole rings is 1. The van der Waals surface area contributed by atoms with E-state index >= 15 is 0 Å². The smallest absolute Gasteiger partial charge is 0.194 e. The van der Waals surface area contributed by atoms with Gasteiger partial charge in [0.25, 0.3) is 0 Å². The van der Waals surface area contributed by atoms with Crippen LogP contribution in [0.15, 0.2) is 28.6 Å². The van der Waals surface area contributed by atoms with Gasteiger partial charge in [-0.3, -0.25) is 4.90 Å². The molecular formula is C21H32FIN6OS. The highest BCUT2D eigenvalue weighted by Crippen LogP contribution is 2.20. The Morgan fingerprint density at radius 3 is 2.61 bits per heavy atom. The Balaban J connectivity index is 0.00000341. The molecule has 2 aromatic rings. The van der Waals surface area contributed by atoms with Gasteiger partial charge in [0.2, 0.25) is 0 Å². The number of aromatic nitrogens is 1. The number of rotatable bonds is 7. The van der Waals surface area contributed by atoms with E-state index in [1.54, 1.807) is 23.5 Å². The first-order valence-corrected chi connectivity index (χ1v) is 11.1. The molecule has 1 saturated heterocycles. The maximum absolute atomic E-state index is 13.9. The molecule has 0 bridgehead atoms. The van der Waals surface area contributed by atoms with Crippen molar-refractivity contribution in [2.45, 2.75) is 20.0 Å². The van der Waals surface area contributed by atoms with Crippen molar-refractivity contribution in [3.05, 3.63) is 40.7 Å². The first kappa shape index (κ1) is 25.6. The summed E-state index contributed by atoms with van der Waals surface area (Å²) in [5.41, 5.74) is 1.95. The Bertz CT molecular complexity index is 854. The summed E-state index contributed by atoms with van der Waals surface area (Å²) in [6.45, 7) is 7.77. The van der Waals surface area contributed by atoms with Gasteiger partial charge in [-0.2, -0.15) is 0 Å². The third-order valence-corrected chi connectivity index (χ3v) is 6.00. The molecule has 1 aromatic heterocycles. The molecule has 0 amide bonds. The number of ether oxygens (including phenoxy) is 1. The Hall–Kier alpha value is -1.66. The molecule has 1 aliphatic heterocycles. The van der Waals surface area contributed by atoms with Crippen molar-refractivity contribution in [2.24, 2.45) is 4.99 Å². The van der Waals surface area contributed by atoms with Crippen molar-refractivity contribution in [3.8, 4) is 5.75 Å². The van der Waals surface area contributed by atoms with Gasteiger partial charge in [0.1, 0.15) is 0 Å². The van der Waals surface area contributed by atoms with Gasteiger partial charge in [-0.05, 0) is 24.6 Å². The molecule has 2 heterocycles. The van der Waals surface area contributed by atoms with Crippen LogP contribution in [0.5, 0.6) is 5.75 Å². The number of nitrogens with one attached hydrogen (secondary N) is 1. The molecule has 7 nitrogen and oxygen atoms in total. The zero-order chi connectivity index (χ0) is 21.5. The van der Waals surface area contributed by atoms with Crippen molar-refractivity contribution in [1.82, 2.24) is 20.1 Å². The van der Waals surface area contributed by atoms with E-state index in [2.05, 4.69) is 32.4 Å². The first-order valence-electron chi connectivity index (χ1n) is 10.2. The van der Waals surface area contributed by atoms with Crippen LogP contribution in [0.25, 0.3) is 0 Å². The van der Waals surface area contributed by atoms with Crippen LogP contribution >= 0.6 is 35.3 Å². The molecule has 1 aromatic carbocycles. The van der Waals surface area contributed by atoms with E-state index in [4.69, 9.17) is 9.73 Å². The Morgan fingerprint density at radius 2 is 2.03 bits per heavy atom. The zero-order valence-electron chi connectivity index (χ0n) is 18.6. The molecule has 1 fully saturated rings. The number of nitrogens with zero attached hydrogens (tertiary/aromatic N) is 5. The fourth-order valence-corrected chi connectivity index (χ4v) is 4.09. The van der Waals surface area contributed by atoms with E-state index < -0.39 is 0 Å². The third kappa shape index (κ3) is 7.18. The lowest BCUT2D eigenvalue weighted by molar-refractivity contribution is 0.172. The predicted octanol–water partition coefficient (Wildman–Crippen LogP) is 3.26. The van der Waals surface area contributed by atoms with Gasteiger partial charge in [0, 0.05) is 58.7 Å². The normalized spacial score (nSPS) is 14.9. The Kier molecular flexibility index (Phi) is 10.2. The minimum atomic E-state index is -0.310. The maximum atomic E-state index is 13.9. The number of guanidine groups is 1.